The molecule has 0 aliphatic rings. The van der Waals surface area contributed by atoms with Crippen LogP contribution >= 0.6 is 27.5 Å². The van der Waals surface area contributed by atoms with Crippen molar-refractivity contribution in [3.05, 3.63) is 46.2 Å². The number of halogens is 2. The summed E-state index contributed by atoms with van der Waals surface area (Å²) in [7, 11) is -3.84. The zero-order chi connectivity index (χ0) is 14.0. The molecule has 0 spiro atoms. The molecule has 0 aliphatic carbocycles. The second-order valence-corrected chi connectivity index (χ2v) is 6.52. The molecule has 0 radical (unpaired) electrons. The molecular weight excluding hydrogens is 356 g/mol. The number of phenolic OH excluding ortho intramolecular Hbond substituents is 1. The van der Waals surface area contributed by atoms with Crippen LogP contribution in [0.4, 0.5) is 5.69 Å². The summed E-state index contributed by atoms with van der Waals surface area (Å²) in [6.07, 6.45) is 1.40. The maximum absolute atomic E-state index is 12.1. The number of hydrogen-bond acceptors (Lipinski definition) is 4. The fourth-order valence-corrected chi connectivity index (χ4v) is 3.34. The zero-order valence-corrected chi connectivity index (χ0v) is 12.5. The molecule has 19 heavy (non-hydrogen) atoms. The average molecular weight is 364 g/mol. The van der Waals surface area contributed by atoms with Gasteiger partial charge in [-0.1, -0.05) is 11.6 Å². The normalized spacial score (nSPS) is 11.3. The molecule has 0 fully saturated rings. The van der Waals surface area contributed by atoms with Gasteiger partial charge in [-0.25, -0.2) is 13.4 Å². The van der Waals surface area contributed by atoms with E-state index in [2.05, 4.69) is 25.6 Å². The molecule has 1 heterocycles. The molecule has 0 aliphatic heterocycles. The Balaban J connectivity index is 2.37. The Morgan fingerprint density at radius 3 is 2.53 bits per heavy atom. The maximum Gasteiger partial charge on any atom is 0.265 e. The number of anilines is 1. The van der Waals surface area contributed by atoms with Gasteiger partial charge in [-0.3, -0.25) is 4.72 Å². The van der Waals surface area contributed by atoms with E-state index in [0.717, 1.165) is 0 Å². The predicted molar refractivity (Wildman–Crippen MR) is 75.9 cm³/mol. The van der Waals surface area contributed by atoms with Crippen molar-refractivity contribution in [2.75, 3.05) is 4.72 Å². The van der Waals surface area contributed by atoms with Crippen molar-refractivity contribution >= 4 is 43.2 Å². The molecule has 5 nitrogen and oxygen atoms in total. The lowest BCUT2D eigenvalue weighted by atomic mass is 10.3. The Morgan fingerprint density at radius 1 is 1.26 bits per heavy atom. The van der Waals surface area contributed by atoms with E-state index in [9.17, 15) is 8.42 Å². The van der Waals surface area contributed by atoms with Crippen molar-refractivity contribution in [1.29, 1.82) is 0 Å². The van der Waals surface area contributed by atoms with Crippen molar-refractivity contribution < 1.29 is 13.5 Å². The van der Waals surface area contributed by atoms with Crippen LogP contribution in [0.2, 0.25) is 5.15 Å². The number of hydrogen-bond donors (Lipinski definition) is 2. The van der Waals surface area contributed by atoms with E-state index >= 15 is 0 Å². The molecule has 2 rings (SSSR count). The molecule has 0 amide bonds. The molecule has 0 atom stereocenters. The molecular formula is C11H8BrClN2O3S. The summed E-state index contributed by atoms with van der Waals surface area (Å²) in [4.78, 5) is 3.63. The first kappa shape index (κ1) is 14.1. The third-order valence-electron chi connectivity index (χ3n) is 2.18. The van der Waals surface area contributed by atoms with Crippen LogP contribution in [0, 0.1) is 0 Å². The van der Waals surface area contributed by atoms with Gasteiger partial charge in [0, 0.05) is 16.4 Å². The summed E-state index contributed by atoms with van der Waals surface area (Å²) in [6.45, 7) is 0. The number of aromatic nitrogens is 1. The van der Waals surface area contributed by atoms with Gasteiger partial charge < -0.3 is 5.11 Å². The Morgan fingerprint density at radius 2 is 1.89 bits per heavy atom. The first-order chi connectivity index (χ1) is 8.88. The standard InChI is InChI=1S/C11H8BrClN2O3S/c12-7-5-10(11(13)14-6-7)19(17,18)15-8-1-3-9(16)4-2-8/h1-6,15-16H. The number of nitrogens with zero attached hydrogens (tertiary/aromatic N) is 1. The Kier molecular flexibility index (Phi) is 3.98. The smallest absolute Gasteiger partial charge is 0.265 e. The second kappa shape index (κ2) is 5.36. The third kappa shape index (κ3) is 3.37. The third-order valence-corrected chi connectivity index (χ3v) is 4.42. The minimum atomic E-state index is -3.84. The first-order valence-corrected chi connectivity index (χ1v) is 7.67. The van der Waals surface area contributed by atoms with Gasteiger partial charge in [0.25, 0.3) is 10.0 Å². The molecule has 0 saturated heterocycles. The minimum absolute atomic E-state index is 0.0464. The number of aromatic hydroxyl groups is 1. The van der Waals surface area contributed by atoms with Gasteiger partial charge >= 0.3 is 0 Å². The van der Waals surface area contributed by atoms with Crippen molar-refractivity contribution in [1.82, 2.24) is 4.98 Å². The highest BCUT2D eigenvalue weighted by atomic mass is 79.9. The number of rotatable bonds is 3. The molecule has 8 heteroatoms. The van der Waals surface area contributed by atoms with Crippen molar-refractivity contribution in [2.45, 2.75) is 4.90 Å². The van der Waals surface area contributed by atoms with E-state index in [1.54, 1.807) is 0 Å². The second-order valence-electron chi connectivity index (χ2n) is 3.59. The van der Waals surface area contributed by atoms with E-state index < -0.39 is 10.0 Å². The van der Waals surface area contributed by atoms with Crippen molar-refractivity contribution in [3.63, 3.8) is 0 Å². The summed E-state index contributed by atoms with van der Waals surface area (Å²) < 4.78 is 27.1. The summed E-state index contributed by atoms with van der Waals surface area (Å²) in [6, 6.07) is 6.98. The molecule has 1 aromatic heterocycles. The lowest BCUT2D eigenvalue weighted by molar-refractivity contribution is 0.475. The number of benzene rings is 1. The SMILES string of the molecule is O=S(=O)(Nc1ccc(O)cc1)c1cc(Br)cnc1Cl. The van der Waals surface area contributed by atoms with E-state index in [1.807, 2.05) is 0 Å². The molecule has 0 saturated carbocycles. The number of nitrogens with one attached hydrogen (secondary N) is 1. The molecule has 0 unspecified atom stereocenters. The Hall–Kier alpha value is -1.31. The summed E-state index contributed by atoms with van der Waals surface area (Å²) in [5.74, 6) is 0.0464. The van der Waals surface area contributed by atoms with E-state index in [-0.39, 0.29) is 15.8 Å². The monoisotopic (exact) mass is 362 g/mol. The Labute approximate surface area is 123 Å². The van der Waals surface area contributed by atoms with Crippen molar-refractivity contribution in [3.8, 4) is 5.75 Å². The van der Waals surface area contributed by atoms with E-state index in [1.165, 1.54) is 36.5 Å². The lowest BCUT2D eigenvalue weighted by Gasteiger charge is -2.09. The van der Waals surface area contributed by atoms with Gasteiger partial charge in [-0.15, -0.1) is 0 Å². The van der Waals surface area contributed by atoms with Crippen LogP contribution in [0.15, 0.2) is 45.9 Å². The highest BCUT2D eigenvalue weighted by Gasteiger charge is 2.19. The molecule has 100 valence electrons. The van der Waals surface area contributed by atoms with E-state index in [0.29, 0.717) is 10.2 Å². The van der Waals surface area contributed by atoms with Gasteiger partial charge in [-0.2, -0.15) is 0 Å². The number of phenols is 1. The molecule has 0 bridgehead atoms. The van der Waals surface area contributed by atoms with Crippen molar-refractivity contribution in [2.24, 2.45) is 0 Å². The minimum Gasteiger partial charge on any atom is -0.508 e. The highest BCUT2D eigenvalue weighted by Crippen LogP contribution is 2.25. The van der Waals surface area contributed by atoms with Crippen LogP contribution in [0.5, 0.6) is 5.75 Å². The van der Waals surface area contributed by atoms with Gasteiger partial charge in [-0.05, 0) is 46.3 Å². The van der Waals surface area contributed by atoms with Crippen LogP contribution in [0.3, 0.4) is 0 Å². The summed E-state index contributed by atoms with van der Waals surface area (Å²) in [5.41, 5.74) is 0.314. The maximum atomic E-state index is 12.1. The lowest BCUT2D eigenvalue weighted by Crippen LogP contribution is -2.13. The first-order valence-electron chi connectivity index (χ1n) is 5.01. The van der Waals surface area contributed by atoms with Crippen LogP contribution < -0.4 is 4.72 Å². The molecule has 2 N–H and O–H groups in total. The van der Waals surface area contributed by atoms with Gasteiger partial charge in [0.05, 0.1) is 0 Å². The van der Waals surface area contributed by atoms with Crippen LogP contribution in [-0.2, 0) is 10.0 Å². The van der Waals surface area contributed by atoms with Gasteiger partial charge in [0.15, 0.2) is 0 Å². The van der Waals surface area contributed by atoms with Gasteiger partial charge in [0.2, 0.25) is 0 Å². The summed E-state index contributed by atoms with van der Waals surface area (Å²) >= 11 is 8.92. The zero-order valence-electron chi connectivity index (χ0n) is 9.34. The fraction of sp³-hybridized carbons (Fsp3) is 0. The topological polar surface area (TPSA) is 79.3 Å². The molecule has 1 aromatic carbocycles. The quantitative estimate of drug-likeness (QED) is 0.649. The molecule has 2 aromatic rings. The largest absolute Gasteiger partial charge is 0.508 e. The van der Waals surface area contributed by atoms with E-state index in [4.69, 9.17) is 16.7 Å². The van der Waals surface area contributed by atoms with Crippen LogP contribution in [0.25, 0.3) is 0 Å². The summed E-state index contributed by atoms with van der Waals surface area (Å²) in [5, 5.41) is 9.02. The fourth-order valence-electron chi connectivity index (χ4n) is 1.33. The van der Waals surface area contributed by atoms with Gasteiger partial charge in [0.1, 0.15) is 15.8 Å². The van der Waals surface area contributed by atoms with Crippen LogP contribution in [-0.4, -0.2) is 18.5 Å². The Bertz CT molecular complexity index is 704. The average Bonchev–Trinajstić information content (AvgIpc) is 2.35. The highest BCUT2D eigenvalue weighted by molar-refractivity contribution is 9.10. The van der Waals surface area contributed by atoms with Crippen LogP contribution in [0.1, 0.15) is 0 Å². The number of sulfonamides is 1. The predicted octanol–water partition coefficient (Wildman–Crippen LogP) is 3.00. The number of pyridine rings is 1.